The monoisotopic (exact) mass is 384 g/mol. The first-order valence-corrected chi connectivity index (χ1v) is 10.0. The van der Waals surface area contributed by atoms with Crippen molar-refractivity contribution in [1.82, 2.24) is 19.6 Å². The number of carbonyl (C=O) groups excluding carboxylic acids is 1. The number of carbonyl (C=O) groups is 1. The second-order valence-corrected chi connectivity index (χ2v) is 7.29. The Balaban J connectivity index is 1.38. The minimum atomic E-state index is 0.0691. The predicted octanol–water partition coefficient (Wildman–Crippen LogP) is 1.94. The van der Waals surface area contributed by atoms with Crippen molar-refractivity contribution >= 4 is 5.91 Å². The van der Waals surface area contributed by atoms with E-state index in [0.29, 0.717) is 17.9 Å². The molecule has 0 bridgehead atoms. The van der Waals surface area contributed by atoms with Crippen molar-refractivity contribution in [2.24, 2.45) is 0 Å². The highest BCUT2D eigenvalue weighted by Crippen LogP contribution is 2.23. The summed E-state index contributed by atoms with van der Waals surface area (Å²) in [6, 6.07) is 7.37. The standard InChI is InChI=1S/C21H28N4O3/c1-3-25-20-7-12-28-15-18(20)19(22-25)14-23-8-10-24(11-9-23)21(26)16-5-4-6-17(13-16)27-2/h4-6,13H,3,7-12,14-15H2,1-2H3. The van der Waals surface area contributed by atoms with E-state index in [1.165, 1.54) is 11.3 Å². The van der Waals surface area contributed by atoms with E-state index in [2.05, 4.69) is 16.5 Å². The van der Waals surface area contributed by atoms with Crippen molar-refractivity contribution < 1.29 is 14.3 Å². The van der Waals surface area contributed by atoms with Gasteiger partial charge in [0.05, 0.1) is 26.0 Å². The lowest BCUT2D eigenvalue weighted by atomic mass is 10.1. The van der Waals surface area contributed by atoms with E-state index in [0.717, 1.165) is 58.0 Å². The normalized spacial score (nSPS) is 17.4. The fourth-order valence-electron chi connectivity index (χ4n) is 4.03. The molecule has 1 aromatic heterocycles. The molecule has 1 fully saturated rings. The zero-order valence-electron chi connectivity index (χ0n) is 16.7. The molecule has 1 saturated heterocycles. The van der Waals surface area contributed by atoms with Gasteiger partial charge in [0.15, 0.2) is 0 Å². The molecule has 7 heteroatoms. The summed E-state index contributed by atoms with van der Waals surface area (Å²) < 4.78 is 13.0. The van der Waals surface area contributed by atoms with E-state index in [1.54, 1.807) is 13.2 Å². The molecule has 0 unspecified atom stereocenters. The van der Waals surface area contributed by atoms with Crippen LogP contribution in [0.15, 0.2) is 24.3 Å². The number of aromatic nitrogens is 2. The lowest BCUT2D eigenvalue weighted by molar-refractivity contribution is 0.0624. The van der Waals surface area contributed by atoms with Gasteiger partial charge in [0.1, 0.15) is 5.75 Å². The zero-order valence-corrected chi connectivity index (χ0v) is 16.7. The van der Waals surface area contributed by atoms with E-state index in [4.69, 9.17) is 14.6 Å². The van der Waals surface area contributed by atoms with Crippen molar-refractivity contribution in [3.05, 3.63) is 46.8 Å². The second-order valence-electron chi connectivity index (χ2n) is 7.29. The second kappa shape index (κ2) is 8.32. The highest BCUT2D eigenvalue weighted by atomic mass is 16.5. The highest BCUT2D eigenvalue weighted by Gasteiger charge is 2.26. The molecule has 0 radical (unpaired) electrons. The number of ether oxygens (including phenoxy) is 2. The first kappa shape index (κ1) is 19.0. The van der Waals surface area contributed by atoms with Crippen LogP contribution in [0.2, 0.25) is 0 Å². The minimum absolute atomic E-state index is 0.0691. The maximum Gasteiger partial charge on any atom is 0.254 e. The molecule has 7 nitrogen and oxygen atoms in total. The SMILES string of the molecule is CCn1nc(CN2CCN(C(=O)c3cccc(OC)c3)CC2)c2c1CCOC2. The topological polar surface area (TPSA) is 59.8 Å². The van der Waals surface area contributed by atoms with Crippen molar-refractivity contribution in [2.75, 3.05) is 39.9 Å². The molecular formula is C21H28N4O3. The maximum atomic E-state index is 12.8. The number of fused-ring (bicyclic) bond motifs is 1. The number of methoxy groups -OCH3 is 1. The van der Waals surface area contributed by atoms with Crippen LogP contribution in [0.5, 0.6) is 5.75 Å². The Labute approximate surface area is 165 Å². The average Bonchev–Trinajstić information content (AvgIpc) is 3.11. The van der Waals surface area contributed by atoms with Gasteiger partial charge in [-0.1, -0.05) is 6.07 Å². The summed E-state index contributed by atoms with van der Waals surface area (Å²) >= 11 is 0. The Bertz CT molecular complexity index is 840. The van der Waals surface area contributed by atoms with Crippen molar-refractivity contribution in [1.29, 1.82) is 0 Å². The van der Waals surface area contributed by atoms with Gasteiger partial charge in [-0.2, -0.15) is 5.10 Å². The van der Waals surface area contributed by atoms with Gasteiger partial charge in [-0.25, -0.2) is 0 Å². The Morgan fingerprint density at radius 3 is 2.82 bits per heavy atom. The number of amides is 1. The summed E-state index contributed by atoms with van der Waals surface area (Å²) in [6.07, 6.45) is 0.943. The van der Waals surface area contributed by atoms with Crippen LogP contribution in [-0.4, -0.2) is 65.4 Å². The third-order valence-electron chi connectivity index (χ3n) is 5.63. The van der Waals surface area contributed by atoms with Crippen LogP contribution < -0.4 is 4.74 Å². The minimum Gasteiger partial charge on any atom is -0.497 e. The van der Waals surface area contributed by atoms with Crippen LogP contribution in [0.25, 0.3) is 0 Å². The molecule has 1 aromatic carbocycles. The number of benzene rings is 1. The predicted molar refractivity (Wildman–Crippen MR) is 105 cm³/mol. The fourth-order valence-corrected chi connectivity index (χ4v) is 4.03. The lowest BCUT2D eigenvalue weighted by Crippen LogP contribution is -2.48. The summed E-state index contributed by atoms with van der Waals surface area (Å²) in [5.41, 5.74) is 4.41. The molecule has 150 valence electrons. The molecule has 2 aliphatic rings. The number of hydrogen-bond acceptors (Lipinski definition) is 5. The van der Waals surface area contributed by atoms with Gasteiger partial charge in [-0.05, 0) is 25.1 Å². The molecule has 2 aromatic rings. The smallest absolute Gasteiger partial charge is 0.254 e. The summed E-state index contributed by atoms with van der Waals surface area (Å²) in [7, 11) is 1.62. The van der Waals surface area contributed by atoms with Crippen molar-refractivity contribution in [2.45, 2.75) is 33.0 Å². The number of rotatable bonds is 5. The summed E-state index contributed by atoms with van der Waals surface area (Å²) in [6.45, 7) is 8.45. The Morgan fingerprint density at radius 1 is 1.25 bits per heavy atom. The number of hydrogen-bond donors (Lipinski definition) is 0. The van der Waals surface area contributed by atoms with E-state index in [9.17, 15) is 4.79 Å². The van der Waals surface area contributed by atoms with Gasteiger partial charge in [-0.3, -0.25) is 14.4 Å². The van der Waals surface area contributed by atoms with Gasteiger partial charge in [0.2, 0.25) is 0 Å². The van der Waals surface area contributed by atoms with Crippen molar-refractivity contribution in [3.63, 3.8) is 0 Å². The third-order valence-corrected chi connectivity index (χ3v) is 5.63. The fraction of sp³-hybridized carbons (Fsp3) is 0.524. The Hall–Kier alpha value is -2.38. The molecule has 0 spiro atoms. The molecular weight excluding hydrogens is 356 g/mol. The summed E-state index contributed by atoms with van der Waals surface area (Å²) in [5.74, 6) is 0.780. The number of aryl methyl sites for hydroxylation is 1. The van der Waals surface area contributed by atoms with Gasteiger partial charge < -0.3 is 14.4 Å². The molecule has 1 amide bonds. The molecule has 28 heavy (non-hydrogen) atoms. The number of piperazine rings is 1. The lowest BCUT2D eigenvalue weighted by Gasteiger charge is -2.34. The van der Waals surface area contributed by atoms with Crippen LogP contribution in [-0.2, 0) is 30.9 Å². The van der Waals surface area contributed by atoms with Crippen LogP contribution in [0.4, 0.5) is 0 Å². The molecule has 2 aliphatic heterocycles. The van der Waals surface area contributed by atoms with Crippen LogP contribution in [0.3, 0.4) is 0 Å². The number of nitrogens with zero attached hydrogens (tertiary/aromatic N) is 4. The molecule has 4 rings (SSSR count). The average molecular weight is 384 g/mol. The highest BCUT2D eigenvalue weighted by molar-refractivity contribution is 5.94. The largest absolute Gasteiger partial charge is 0.497 e. The van der Waals surface area contributed by atoms with E-state index in [1.807, 2.05) is 23.1 Å². The molecule has 0 N–H and O–H groups in total. The van der Waals surface area contributed by atoms with Crippen molar-refractivity contribution in [3.8, 4) is 5.75 Å². The maximum absolute atomic E-state index is 12.8. The molecule has 0 saturated carbocycles. The molecule has 0 atom stereocenters. The van der Waals surface area contributed by atoms with Gasteiger partial charge in [0, 0.05) is 62.5 Å². The van der Waals surface area contributed by atoms with Crippen LogP contribution >= 0.6 is 0 Å². The zero-order chi connectivity index (χ0) is 19.5. The van der Waals surface area contributed by atoms with E-state index >= 15 is 0 Å². The molecule has 0 aliphatic carbocycles. The molecule has 3 heterocycles. The summed E-state index contributed by atoms with van der Waals surface area (Å²) in [4.78, 5) is 17.1. The van der Waals surface area contributed by atoms with Gasteiger partial charge in [0.25, 0.3) is 5.91 Å². The van der Waals surface area contributed by atoms with Gasteiger partial charge in [-0.15, -0.1) is 0 Å². The first-order chi connectivity index (χ1) is 13.7. The third kappa shape index (κ3) is 3.77. The first-order valence-electron chi connectivity index (χ1n) is 10.0. The Morgan fingerprint density at radius 2 is 2.07 bits per heavy atom. The van der Waals surface area contributed by atoms with E-state index in [-0.39, 0.29) is 5.91 Å². The Kier molecular flexibility index (Phi) is 5.64. The van der Waals surface area contributed by atoms with Crippen LogP contribution in [0, 0.1) is 0 Å². The van der Waals surface area contributed by atoms with E-state index < -0.39 is 0 Å². The van der Waals surface area contributed by atoms with Gasteiger partial charge >= 0.3 is 0 Å². The van der Waals surface area contributed by atoms with Crippen LogP contribution in [0.1, 0.15) is 34.2 Å². The quantitative estimate of drug-likeness (QED) is 0.789. The summed E-state index contributed by atoms with van der Waals surface area (Å²) in [5, 5.41) is 4.83.